The number of nitrogens with zero attached hydrogens (tertiary/aromatic N) is 3. The fourth-order valence-electron chi connectivity index (χ4n) is 2.86. The van der Waals surface area contributed by atoms with Gasteiger partial charge in [0, 0.05) is 13.6 Å². The fraction of sp³-hybridized carbons (Fsp3) is 0.400. The van der Waals surface area contributed by atoms with Gasteiger partial charge in [0.15, 0.2) is 5.16 Å². The van der Waals surface area contributed by atoms with Crippen molar-refractivity contribution in [3.05, 3.63) is 48.4 Å². The number of carbonyl (C=O) groups is 1. The Bertz CT molecular complexity index is 842. The number of amides is 1. The van der Waals surface area contributed by atoms with Crippen molar-refractivity contribution in [2.75, 3.05) is 12.8 Å². The number of para-hydroxylation sites is 2. The van der Waals surface area contributed by atoms with Crippen LogP contribution in [-0.2, 0) is 17.9 Å². The van der Waals surface area contributed by atoms with Crippen LogP contribution in [0.3, 0.4) is 0 Å². The van der Waals surface area contributed by atoms with Crippen LogP contribution in [0.15, 0.2) is 52.2 Å². The van der Waals surface area contributed by atoms with Crippen LogP contribution in [0.1, 0.15) is 31.9 Å². The molecule has 0 atom stereocenters. The number of thioether (sulfide) groups is 1. The van der Waals surface area contributed by atoms with E-state index in [2.05, 4.69) is 17.6 Å². The number of fused-ring (bicyclic) bond motifs is 1. The Kier molecular flexibility index (Phi) is 6.39. The van der Waals surface area contributed by atoms with Crippen molar-refractivity contribution in [2.45, 2.75) is 44.4 Å². The number of rotatable bonds is 9. The first-order chi connectivity index (χ1) is 12.7. The molecular formula is C20H25N3O2S. The molecule has 138 valence electrons. The van der Waals surface area contributed by atoms with Gasteiger partial charge in [-0.25, -0.2) is 4.98 Å². The quantitative estimate of drug-likeness (QED) is 0.408. The molecule has 0 radical (unpaired) electrons. The standard InChI is InChI=1S/C20H25N3O2S/c1-3-4-7-12-23-18-11-6-5-10-17(18)21-20(23)26-15-19(24)22(2)14-16-9-8-13-25-16/h5-6,8-11,13H,3-4,7,12,14-15H2,1-2H3. The monoisotopic (exact) mass is 371 g/mol. The van der Waals surface area contributed by atoms with Gasteiger partial charge in [0.1, 0.15) is 5.76 Å². The summed E-state index contributed by atoms with van der Waals surface area (Å²) in [6, 6.07) is 11.9. The van der Waals surface area contributed by atoms with E-state index < -0.39 is 0 Å². The lowest BCUT2D eigenvalue weighted by Crippen LogP contribution is -2.27. The molecule has 0 aliphatic heterocycles. The van der Waals surface area contributed by atoms with E-state index in [1.165, 1.54) is 24.6 Å². The summed E-state index contributed by atoms with van der Waals surface area (Å²) >= 11 is 1.51. The second-order valence-corrected chi connectivity index (χ2v) is 7.30. The molecule has 1 aromatic carbocycles. The third-order valence-electron chi connectivity index (χ3n) is 4.33. The summed E-state index contributed by atoms with van der Waals surface area (Å²) in [7, 11) is 1.80. The maximum atomic E-state index is 12.5. The van der Waals surface area contributed by atoms with Crippen LogP contribution in [0, 0.1) is 0 Å². The first-order valence-electron chi connectivity index (χ1n) is 9.03. The molecule has 0 saturated heterocycles. The Morgan fingerprint density at radius 1 is 1.23 bits per heavy atom. The van der Waals surface area contributed by atoms with E-state index in [1.54, 1.807) is 18.2 Å². The number of aromatic nitrogens is 2. The normalized spacial score (nSPS) is 11.2. The van der Waals surface area contributed by atoms with Gasteiger partial charge < -0.3 is 13.9 Å². The summed E-state index contributed by atoms with van der Waals surface area (Å²) in [6.07, 6.45) is 5.13. The van der Waals surface area contributed by atoms with Gasteiger partial charge >= 0.3 is 0 Å². The summed E-state index contributed by atoms with van der Waals surface area (Å²) in [6.45, 7) is 3.63. The average Bonchev–Trinajstić information content (AvgIpc) is 3.28. The van der Waals surface area contributed by atoms with E-state index in [9.17, 15) is 4.79 Å². The first kappa shape index (κ1) is 18.6. The highest BCUT2D eigenvalue weighted by molar-refractivity contribution is 7.99. The van der Waals surface area contributed by atoms with Gasteiger partial charge in [0.2, 0.25) is 5.91 Å². The lowest BCUT2D eigenvalue weighted by molar-refractivity contribution is -0.127. The highest BCUT2D eigenvalue weighted by Crippen LogP contribution is 2.25. The van der Waals surface area contributed by atoms with Crippen LogP contribution >= 0.6 is 11.8 Å². The molecule has 0 N–H and O–H groups in total. The highest BCUT2D eigenvalue weighted by Gasteiger charge is 2.15. The lowest BCUT2D eigenvalue weighted by atomic mass is 10.2. The van der Waals surface area contributed by atoms with Crippen LogP contribution in [0.2, 0.25) is 0 Å². The van der Waals surface area contributed by atoms with Crippen molar-refractivity contribution in [1.29, 1.82) is 0 Å². The Morgan fingerprint density at radius 3 is 2.85 bits per heavy atom. The van der Waals surface area contributed by atoms with Crippen molar-refractivity contribution in [1.82, 2.24) is 14.5 Å². The van der Waals surface area contributed by atoms with Gasteiger partial charge in [0.25, 0.3) is 0 Å². The molecule has 0 spiro atoms. The van der Waals surface area contributed by atoms with Gasteiger partial charge in [-0.3, -0.25) is 4.79 Å². The van der Waals surface area contributed by atoms with Gasteiger partial charge in [-0.15, -0.1) is 0 Å². The number of benzene rings is 1. The first-order valence-corrected chi connectivity index (χ1v) is 10.0. The average molecular weight is 372 g/mol. The third-order valence-corrected chi connectivity index (χ3v) is 5.29. The molecule has 0 saturated carbocycles. The number of furan rings is 1. The predicted molar refractivity (Wildman–Crippen MR) is 105 cm³/mol. The topological polar surface area (TPSA) is 51.3 Å². The minimum absolute atomic E-state index is 0.0681. The minimum atomic E-state index is 0.0681. The van der Waals surface area contributed by atoms with Crippen LogP contribution in [0.25, 0.3) is 11.0 Å². The maximum Gasteiger partial charge on any atom is 0.233 e. The molecule has 3 aromatic rings. The van der Waals surface area contributed by atoms with Crippen molar-refractivity contribution < 1.29 is 9.21 Å². The molecule has 5 nitrogen and oxygen atoms in total. The summed E-state index contributed by atoms with van der Waals surface area (Å²) in [4.78, 5) is 18.9. The number of imidazole rings is 1. The minimum Gasteiger partial charge on any atom is -0.467 e. The SMILES string of the molecule is CCCCCn1c(SCC(=O)N(C)Cc2ccco2)nc2ccccc21. The van der Waals surface area contributed by atoms with Gasteiger partial charge in [-0.05, 0) is 30.7 Å². The van der Waals surface area contributed by atoms with Crippen molar-refractivity contribution in [3.8, 4) is 0 Å². The molecule has 0 aliphatic carbocycles. The van der Waals surface area contributed by atoms with E-state index in [-0.39, 0.29) is 5.91 Å². The van der Waals surface area contributed by atoms with Gasteiger partial charge in [0.05, 0.1) is 29.6 Å². The molecule has 3 rings (SSSR count). The molecule has 0 bridgehead atoms. The Hall–Kier alpha value is -2.21. The molecule has 0 unspecified atom stereocenters. The van der Waals surface area contributed by atoms with E-state index in [0.717, 1.165) is 34.9 Å². The van der Waals surface area contributed by atoms with E-state index in [4.69, 9.17) is 9.40 Å². The zero-order chi connectivity index (χ0) is 18.4. The number of hydrogen-bond donors (Lipinski definition) is 0. The van der Waals surface area contributed by atoms with E-state index >= 15 is 0 Å². The molecule has 6 heteroatoms. The maximum absolute atomic E-state index is 12.5. The molecule has 2 aromatic heterocycles. The summed E-state index contributed by atoms with van der Waals surface area (Å²) < 4.78 is 7.56. The molecule has 2 heterocycles. The van der Waals surface area contributed by atoms with E-state index in [0.29, 0.717) is 12.3 Å². The summed E-state index contributed by atoms with van der Waals surface area (Å²) in [5.74, 6) is 1.23. The number of hydrogen-bond acceptors (Lipinski definition) is 4. The molecule has 1 amide bonds. The van der Waals surface area contributed by atoms with E-state index in [1.807, 2.05) is 30.3 Å². The van der Waals surface area contributed by atoms with Crippen LogP contribution in [-0.4, -0.2) is 33.2 Å². The lowest BCUT2D eigenvalue weighted by Gasteiger charge is -2.15. The fourth-order valence-corrected chi connectivity index (χ4v) is 3.84. The van der Waals surface area contributed by atoms with Gasteiger partial charge in [-0.2, -0.15) is 0 Å². The van der Waals surface area contributed by atoms with Crippen LogP contribution in [0.5, 0.6) is 0 Å². The Labute approximate surface area is 158 Å². The van der Waals surface area contributed by atoms with Crippen molar-refractivity contribution in [2.24, 2.45) is 0 Å². The predicted octanol–water partition coefficient (Wildman–Crippen LogP) is 4.57. The zero-order valence-corrected chi connectivity index (χ0v) is 16.2. The smallest absolute Gasteiger partial charge is 0.233 e. The number of unbranched alkanes of at least 4 members (excludes halogenated alkanes) is 2. The highest BCUT2D eigenvalue weighted by atomic mass is 32.2. The number of carbonyl (C=O) groups excluding carboxylic acids is 1. The second-order valence-electron chi connectivity index (χ2n) is 6.36. The third kappa shape index (κ3) is 4.49. The Morgan fingerprint density at radius 2 is 2.08 bits per heavy atom. The zero-order valence-electron chi connectivity index (χ0n) is 15.4. The number of aryl methyl sites for hydroxylation is 1. The summed E-state index contributed by atoms with van der Waals surface area (Å²) in [5.41, 5.74) is 2.13. The largest absolute Gasteiger partial charge is 0.467 e. The molecule has 26 heavy (non-hydrogen) atoms. The molecular weight excluding hydrogens is 346 g/mol. The van der Waals surface area contributed by atoms with Gasteiger partial charge in [-0.1, -0.05) is 43.7 Å². The second kappa shape index (κ2) is 8.94. The van der Waals surface area contributed by atoms with Crippen molar-refractivity contribution >= 4 is 28.7 Å². The Balaban J connectivity index is 1.67. The van der Waals surface area contributed by atoms with Crippen molar-refractivity contribution in [3.63, 3.8) is 0 Å². The molecule has 0 fully saturated rings. The summed E-state index contributed by atoms with van der Waals surface area (Å²) in [5, 5.41) is 0.919. The molecule has 0 aliphatic rings. The van der Waals surface area contributed by atoms with Crippen LogP contribution < -0.4 is 0 Å². The van der Waals surface area contributed by atoms with Crippen LogP contribution in [0.4, 0.5) is 0 Å².